The van der Waals surface area contributed by atoms with Crippen LogP contribution in [0.25, 0.3) is 0 Å². The molecule has 0 heterocycles. The number of hydrogen-bond donors (Lipinski definition) is 0. The Bertz CT molecular complexity index is 916. The summed E-state index contributed by atoms with van der Waals surface area (Å²) in [6, 6.07) is 36.2. The first-order valence-electron chi connectivity index (χ1n) is 9.20. The van der Waals surface area contributed by atoms with Gasteiger partial charge in [-0.25, -0.2) is 0 Å². The molecule has 4 rings (SSSR count). The Morgan fingerprint density at radius 3 is 0.655 bits per heavy atom. The Labute approximate surface area is 226 Å². The van der Waals surface area contributed by atoms with E-state index in [1.54, 1.807) is 0 Å². The van der Waals surface area contributed by atoms with Crippen LogP contribution in [0.15, 0.2) is 97.1 Å². The summed E-state index contributed by atoms with van der Waals surface area (Å²) >= 11 is 9.54. The molecule has 0 radical (unpaired) electrons. The smallest absolute Gasteiger partial charge is 0.108 e. The summed E-state index contributed by atoms with van der Waals surface area (Å²) < 4.78 is 5.01. The van der Waals surface area contributed by atoms with Crippen molar-refractivity contribution in [3.05, 3.63) is 111 Å². The molecule has 0 nitrogen and oxygen atoms in total. The number of hydrogen-bond acceptors (Lipinski definition) is 0. The Hall–Kier alpha value is -0.135. The molecule has 0 aliphatic heterocycles. The van der Waals surface area contributed by atoms with Gasteiger partial charge in [-0.05, 0) is 90.4 Å². The van der Waals surface area contributed by atoms with Crippen molar-refractivity contribution in [1.29, 1.82) is 0 Å². The van der Waals surface area contributed by atoms with Crippen LogP contribution in [0.1, 0.15) is 0 Å². The highest BCUT2D eigenvalue weighted by molar-refractivity contribution is 14.1. The van der Waals surface area contributed by atoms with Crippen LogP contribution in [-0.4, -0.2) is 6.15 Å². The number of halogens is 4. The van der Waals surface area contributed by atoms with Crippen molar-refractivity contribution >= 4 is 118 Å². The molecule has 0 unspecified atom stereocenters. The van der Waals surface area contributed by atoms with Gasteiger partial charge in [0.2, 0.25) is 0 Å². The molecule has 0 aliphatic rings. The van der Waals surface area contributed by atoms with E-state index in [0.29, 0.717) is 0 Å². The third kappa shape index (κ3) is 4.57. The normalized spacial score (nSPS) is 11.4. The molecule has 144 valence electrons. The maximum atomic E-state index is 2.39. The Kier molecular flexibility index (Phi) is 7.28. The summed E-state index contributed by atoms with van der Waals surface area (Å²) in [5.74, 6) is 0. The van der Waals surface area contributed by atoms with Crippen LogP contribution in [0.5, 0.6) is 0 Å². The topological polar surface area (TPSA) is 0 Å². The second kappa shape index (κ2) is 9.56. The van der Waals surface area contributed by atoms with Crippen molar-refractivity contribution in [2.75, 3.05) is 0 Å². The van der Waals surface area contributed by atoms with Crippen molar-refractivity contribution in [2.24, 2.45) is 0 Å². The summed E-state index contributed by atoms with van der Waals surface area (Å²) in [7, 11) is 0. The summed E-state index contributed by atoms with van der Waals surface area (Å²) in [6.07, 6.45) is -1.29. The second-order valence-corrected chi connectivity index (χ2v) is 12.1. The lowest BCUT2D eigenvalue weighted by Crippen LogP contribution is -2.74. The average molecular weight is 823 g/mol. The SMILES string of the molecule is Ic1ccc([B-](c2ccc(I)cc2)(c2ccc(I)cc2)c2ccc(I)cc2)cc1. The van der Waals surface area contributed by atoms with Gasteiger partial charge in [-0.1, -0.05) is 97.1 Å². The molecule has 0 bridgehead atoms. The molecule has 0 aliphatic carbocycles. The molecule has 29 heavy (non-hydrogen) atoms. The van der Waals surface area contributed by atoms with Gasteiger partial charge in [0.1, 0.15) is 6.15 Å². The van der Waals surface area contributed by atoms with Crippen LogP contribution in [0.3, 0.4) is 0 Å². The lowest BCUT2D eigenvalue weighted by molar-refractivity contribution is 1.61. The highest BCUT2D eigenvalue weighted by atomic mass is 127. The van der Waals surface area contributed by atoms with Gasteiger partial charge in [0.05, 0.1) is 0 Å². The fourth-order valence-electron chi connectivity index (χ4n) is 4.16. The summed E-state index contributed by atoms with van der Waals surface area (Å²) in [4.78, 5) is 0. The Balaban J connectivity index is 2.11. The maximum Gasteiger partial charge on any atom is 0.108 e. The summed E-state index contributed by atoms with van der Waals surface area (Å²) in [5, 5.41) is 0. The second-order valence-electron chi connectivity index (χ2n) is 7.07. The zero-order valence-corrected chi connectivity index (χ0v) is 24.0. The fourth-order valence-corrected chi connectivity index (χ4v) is 5.60. The first-order chi connectivity index (χ1) is 14.0. The van der Waals surface area contributed by atoms with E-state index >= 15 is 0 Å². The number of rotatable bonds is 4. The van der Waals surface area contributed by atoms with Gasteiger partial charge in [-0.3, -0.25) is 0 Å². The third-order valence-electron chi connectivity index (χ3n) is 5.48. The number of benzene rings is 4. The minimum absolute atomic E-state index is 1.25. The Morgan fingerprint density at radius 2 is 0.483 bits per heavy atom. The molecule has 0 atom stereocenters. The molecular formula is C24H16BI4-. The zero-order valence-electron chi connectivity index (χ0n) is 15.3. The van der Waals surface area contributed by atoms with Crippen LogP contribution >= 0.6 is 90.4 Å². The highest BCUT2D eigenvalue weighted by Gasteiger charge is 2.31. The van der Waals surface area contributed by atoms with E-state index in [1.807, 2.05) is 0 Å². The molecule has 0 N–H and O–H groups in total. The van der Waals surface area contributed by atoms with Crippen molar-refractivity contribution in [1.82, 2.24) is 0 Å². The van der Waals surface area contributed by atoms with E-state index in [1.165, 1.54) is 36.1 Å². The predicted molar refractivity (Wildman–Crippen MR) is 161 cm³/mol. The average Bonchev–Trinajstić information content (AvgIpc) is 2.73. The first kappa shape index (κ1) is 22.1. The largest absolute Gasteiger partial charge is 0.195 e. The molecule has 0 saturated carbocycles. The monoisotopic (exact) mass is 823 g/mol. The van der Waals surface area contributed by atoms with E-state index < -0.39 is 6.15 Å². The van der Waals surface area contributed by atoms with Gasteiger partial charge in [-0.2, -0.15) is 21.9 Å². The lowest BCUT2D eigenvalue weighted by atomic mass is 9.13. The fraction of sp³-hybridized carbons (Fsp3) is 0. The van der Waals surface area contributed by atoms with Crippen molar-refractivity contribution in [2.45, 2.75) is 0 Å². The molecular weight excluding hydrogens is 807 g/mol. The molecule has 0 amide bonds. The first-order valence-corrected chi connectivity index (χ1v) is 13.5. The maximum absolute atomic E-state index is 2.39. The van der Waals surface area contributed by atoms with Crippen LogP contribution < -0.4 is 21.9 Å². The standard InChI is InChI=1S/C24H16BI4/c26-21-9-1-17(2-10-21)25(18-3-11-22(27)12-4-18,19-5-13-23(28)14-6-19)20-7-15-24(29)16-8-20/h1-16H/q-1. The summed E-state index contributed by atoms with van der Waals surface area (Å²) in [5.41, 5.74) is 5.37. The van der Waals surface area contributed by atoms with Gasteiger partial charge < -0.3 is 0 Å². The van der Waals surface area contributed by atoms with Gasteiger partial charge in [0.25, 0.3) is 0 Å². The molecule has 4 aromatic carbocycles. The van der Waals surface area contributed by atoms with Crippen LogP contribution in [0.4, 0.5) is 0 Å². The quantitative estimate of drug-likeness (QED) is 0.189. The predicted octanol–water partition coefficient (Wildman–Crippen LogP) is 5.48. The van der Waals surface area contributed by atoms with Crippen molar-refractivity contribution in [3.8, 4) is 0 Å². The minimum atomic E-state index is -1.29. The molecule has 0 fully saturated rings. The van der Waals surface area contributed by atoms with Gasteiger partial charge in [-0.15, -0.1) is 0 Å². The molecule has 0 saturated heterocycles. The van der Waals surface area contributed by atoms with Gasteiger partial charge >= 0.3 is 0 Å². The van der Waals surface area contributed by atoms with Crippen LogP contribution in [0.2, 0.25) is 0 Å². The zero-order chi connectivity index (χ0) is 20.4. The lowest BCUT2D eigenvalue weighted by Gasteiger charge is -2.44. The van der Waals surface area contributed by atoms with E-state index in [0.717, 1.165) is 0 Å². The van der Waals surface area contributed by atoms with E-state index in [2.05, 4.69) is 187 Å². The van der Waals surface area contributed by atoms with Crippen molar-refractivity contribution < 1.29 is 0 Å². The Morgan fingerprint density at radius 1 is 0.310 bits per heavy atom. The van der Waals surface area contributed by atoms with Crippen LogP contribution in [-0.2, 0) is 0 Å². The third-order valence-corrected chi connectivity index (χ3v) is 8.36. The molecule has 0 spiro atoms. The molecule has 5 heteroatoms. The van der Waals surface area contributed by atoms with Crippen molar-refractivity contribution in [3.63, 3.8) is 0 Å². The van der Waals surface area contributed by atoms with E-state index in [4.69, 9.17) is 0 Å². The van der Waals surface area contributed by atoms with Crippen LogP contribution in [0, 0.1) is 14.3 Å². The summed E-state index contributed by atoms with van der Waals surface area (Å²) in [6.45, 7) is 0. The molecule has 0 aromatic heterocycles. The van der Waals surface area contributed by atoms with Gasteiger partial charge in [0, 0.05) is 14.3 Å². The van der Waals surface area contributed by atoms with Gasteiger partial charge in [0.15, 0.2) is 0 Å². The minimum Gasteiger partial charge on any atom is -0.195 e. The van der Waals surface area contributed by atoms with E-state index in [9.17, 15) is 0 Å². The molecule has 4 aromatic rings. The van der Waals surface area contributed by atoms with E-state index in [-0.39, 0.29) is 0 Å². The highest BCUT2D eigenvalue weighted by Crippen LogP contribution is 2.14.